The van der Waals surface area contributed by atoms with Gasteiger partial charge in [-0.15, -0.1) is 0 Å². The van der Waals surface area contributed by atoms with Crippen LogP contribution in [0.15, 0.2) is 34.1 Å². The molecule has 2 N–H and O–H groups in total. The van der Waals surface area contributed by atoms with Crippen LogP contribution in [0.1, 0.15) is 0 Å². The highest BCUT2D eigenvalue weighted by Gasteiger charge is 2.16. The van der Waals surface area contributed by atoms with Crippen molar-refractivity contribution in [3.05, 3.63) is 29.2 Å². The molecule has 0 aromatic carbocycles. The third-order valence-electron chi connectivity index (χ3n) is 2.02. The molecule has 6 nitrogen and oxygen atoms in total. The summed E-state index contributed by atoms with van der Waals surface area (Å²) < 4.78 is 27.6. The lowest BCUT2D eigenvalue weighted by Gasteiger charge is -2.02. The first-order chi connectivity index (χ1) is 8.12. The number of aliphatic hydroxyl groups is 1. The third-order valence-corrected chi connectivity index (χ3v) is 4.04. The predicted octanol–water partition coefficient (Wildman–Crippen LogP) is 0.738. The van der Waals surface area contributed by atoms with Crippen molar-refractivity contribution in [2.45, 2.75) is 11.4 Å². The van der Waals surface area contributed by atoms with Gasteiger partial charge >= 0.3 is 0 Å². The van der Waals surface area contributed by atoms with Crippen LogP contribution in [0.25, 0.3) is 0 Å². The summed E-state index contributed by atoms with van der Waals surface area (Å²) >= 11 is 1.41. The molecule has 17 heavy (non-hydrogen) atoms. The van der Waals surface area contributed by atoms with E-state index in [9.17, 15) is 8.42 Å². The van der Waals surface area contributed by atoms with E-state index in [2.05, 4.69) is 9.82 Å². The first-order valence-electron chi connectivity index (χ1n) is 4.80. The van der Waals surface area contributed by atoms with Crippen LogP contribution >= 0.6 is 11.3 Å². The molecule has 0 aliphatic rings. The lowest BCUT2D eigenvalue weighted by molar-refractivity contribution is 0.269. The van der Waals surface area contributed by atoms with E-state index in [1.807, 2.05) is 0 Å². The molecule has 0 amide bonds. The second-order valence-corrected chi connectivity index (χ2v) is 5.74. The third kappa shape index (κ3) is 2.84. The number of hydrogen-bond acceptors (Lipinski definition) is 5. The Labute approximate surface area is 103 Å². The van der Waals surface area contributed by atoms with Crippen molar-refractivity contribution in [2.24, 2.45) is 0 Å². The smallest absolute Gasteiger partial charge is 0.265 e. The summed E-state index contributed by atoms with van der Waals surface area (Å²) in [4.78, 5) is 0.0807. The lowest BCUT2D eigenvalue weighted by atomic mass is 10.6. The van der Waals surface area contributed by atoms with Crippen LogP contribution in [-0.2, 0) is 16.6 Å². The summed E-state index contributed by atoms with van der Waals surface area (Å²) in [5.74, 6) is 0. The Hall–Kier alpha value is -1.38. The van der Waals surface area contributed by atoms with Crippen LogP contribution in [0.5, 0.6) is 0 Å². The normalized spacial score (nSPS) is 11.6. The lowest BCUT2D eigenvalue weighted by Crippen LogP contribution is -2.11. The Kier molecular flexibility index (Phi) is 3.46. The van der Waals surface area contributed by atoms with Gasteiger partial charge in [-0.1, -0.05) is 0 Å². The SMILES string of the molecule is O=S(=O)(Nc1ccsc1)c1cnn(CCO)c1. The first-order valence-corrected chi connectivity index (χ1v) is 7.23. The van der Waals surface area contributed by atoms with Crippen LogP contribution in [-0.4, -0.2) is 29.9 Å². The molecule has 0 bridgehead atoms. The van der Waals surface area contributed by atoms with Gasteiger partial charge in [0.1, 0.15) is 4.90 Å². The molecule has 2 heterocycles. The summed E-state index contributed by atoms with van der Waals surface area (Å²) in [6.45, 7) is 0.188. The van der Waals surface area contributed by atoms with Crippen molar-refractivity contribution in [3.8, 4) is 0 Å². The fourth-order valence-electron chi connectivity index (χ4n) is 1.24. The second kappa shape index (κ2) is 4.86. The molecule has 8 heteroatoms. The Bertz CT molecular complexity index is 574. The molecule has 0 radical (unpaired) electrons. The maximum Gasteiger partial charge on any atom is 0.265 e. The van der Waals surface area contributed by atoms with Gasteiger partial charge in [0.2, 0.25) is 0 Å². The summed E-state index contributed by atoms with van der Waals surface area (Å²) in [6.07, 6.45) is 2.63. The van der Waals surface area contributed by atoms with E-state index in [0.717, 1.165) is 0 Å². The van der Waals surface area contributed by atoms with Crippen LogP contribution in [0.4, 0.5) is 5.69 Å². The molecule has 0 fully saturated rings. The zero-order chi connectivity index (χ0) is 12.3. The number of aromatic nitrogens is 2. The van der Waals surface area contributed by atoms with Crippen molar-refractivity contribution < 1.29 is 13.5 Å². The van der Waals surface area contributed by atoms with Crippen LogP contribution < -0.4 is 4.72 Å². The van der Waals surface area contributed by atoms with Crippen molar-refractivity contribution in [3.63, 3.8) is 0 Å². The van der Waals surface area contributed by atoms with Gasteiger partial charge in [-0.3, -0.25) is 9.40 Å². The topological polar surface area (TPSA) is 84.2 Å². The van der Waals surface area contributed by atoms with E-state index in [1.54, 1.807) is 16.8 Å². The Morgan fingerprint density at radius 2 is 2.35 bits per heavy atom. The minimum atomic E-state index is -3.59. The highest BCUT2D eigenvalue weighted by atomic mass is 32.2. The number of rotatable bonds is 5. The fraction of sp³-hybridized carbons (Fsp3) is 0.222. The number of anilines is 1. The van der Waals surface area contributed by atoms with E-state index in [4.69, 9.17) is 5.11 Å². The van der Waals surface area contributed by atoms with Gasteiger partial charge in [0.25, 0.3) is 10.0 Å². The fourth-order valence-corrected chi connectivity index (χ4v) is 2.91. The molecule has 0 saturated carbocycles. The van der Waals surface area contributed by atoms with E-state index in [0.29, 0.717) is 5.69 Å². The van der Waals surface area contributed by atoms with E-state index in [-0.39, 0.29) is 18.0 Å². The average Bonchev–Trinajstić information content (AvgIpc) is 2.88. The largest absolute Gasteiger partial charge is 0.394 e. The summed E-state index contributed by atoms with van der Waals surface area (Å²) in [6, 6.07) is 1.68. The quantitative estimate of drug-likeness (QED) is 0.841. The molecule has 2 aromatic rings. The summed E-state index contributed by atoms with van der Waals surface area (Å²) in [7, 11) is -3.59. The van der Waals surface area contributed by atoms with Gasteiger partial charge in [0.15, 0.2) is 0 Å². The van der Waals surface area contributed by atoms with Gasteiger partial charge in [0.05, 0.1) is 25.0 Å². The molecule has 0 unspecified atom stereocenters. The molecule has 2 rings (SSSR count). The first kappa shape index (κ1) is 12.1. The Balaban J connectivity index is 2.19. The second-order valence-electron chi connectivity index (χ2n) is 3.28. The van der Waals surface area contributed by atoms with Crippen molar-refractivity contribution in [1.82, 2.24) is 9.78 Å². The van der Waals surface area contributed by atoms with Crippen molar-refractivity contribution >= 4 is 27.0 Å². The van der Waals surface area contributed by atoms with Gasteiger partial charge in [-0.25, -0.2) is 8.42 Å². The number of thiophene rings is 1. The molecule has 92 valence electrons. The minimum absolute atomic E-state index is 0.0807. The molecule has 0 saturated heterocycles. The van der Waals surface area contributed by atoms with Gasteiger partial charge in [-0.05, 0) is 11.4 Å². The highest BCUT2D eigenvalue weighted by Crippen LogP contribution is 2.17. The molecule has 2 aromatic heterocycles. The van der Waals surface area contributed by atoms with Crippen LogP contribution in [0.3, 0.4) is 0 Å². The summed E-state index contributed by atoms with van der Waals surface area (Å²) in [5, 5.41) is 16.0. The molecule has 0 aliphatic carbocycles. The molecular formula is C9H11N3O3S2. The molecule has 0 aliphatic heterocycles. The number of nitrogens with zero attached hydrogens (tertiary/aromatic N) is 2. The summed E-state index contributed by atoms with van der Waals surface area (Å²) in [5.41, 5.74) is 0.532. The van der Waals surface area contributed by atoms with Crippen LogP contribution in [0.2, 0.25) is 0 Å². The number of hydrogen-bond donors (Lipinski definition) is 2. The standard InChI is InChI=1S/C9H11N3O3S2/c13-3-2-12-6-9(5-10-12)17(14,15)11-8-1-4-16-7-8/h1,4-7,11,13H,2-3H2. The maximum absolute atomic E-state index is 11.9. The van der Waals surface area contributed by atoms with Gasteiger partial charge in [0, 0.05) is 11.6 Å². The Morgan fingerprint density at radius 1 is 1.53 bits per heavy atom. The maximum atomic E-state index is 11.9. The van der Waals surface area contributed by atoms with Crippen molar-refractivity contribution in [2.75, 3.05) is 11.3 Å². The van der Waals surface area contributed by atoms with Crippen molar-refractivity contribution in [1.29, 1.82) is 0 Å². The van der Waals surface area contributed by atoms with Gasteiger partial charge in [-0.2, -0.15) is 16.4 Å². The van der Waals surface area contributed by atoms with E-state index in [1.165, 1.54) is 28.4 Å². The zero-order valence-corrected chi connectivity index (χ0v) is 10.4. The average molecular weight is 273 g/mol. The zero-order valence-electron chi connectivity index (χ0n) is 8.78. The Morgan fingerprint density at radius 3 is 3.00 bits per heavy atom. The number of aliphatic hydroxyl groups excluding tert-OH is 1. The molecule has 0 atom stereocenters. The highest BCUT2D eigenvalue weighted by molar-refractivity contribution is 7.92. The monoisotopic (exact) mass is 273 g/mol. The molecular weight excluding hydrogens is 262 g/mol. The van der Waals surface area contributed by atoms with Gasteiger partial charge < -0.3 is 5.11 Å². The van der Waals surface area contributed by atoms with E-state index < -0.39 is 10.0 Å². The molecule has 0 spiro atoms. The number of nitrogens with one attached hydrogen (secondary N) is 1. The van der Waals surface area contributed by atoms with E-state index >= 15 is 0 Å². The minimum Gasteiger partial charge on any atom is -0.394 e. The van der Waals surface area contributed by atoms with Crippen LogP contribution in [0, 0.1) is 0 Å². The number of sulfonamides is 1. The predicted molar refractivity (Wildman–Crippen MR) is 64.4 cm³/mol.